The van der Waals surface area contributed by atoms with Crippen molar-refractivity contribution in [1.29, 1.82) is 0 Å². The molecular formula is C44H43N7O2S. The monoisotopic (exact) mass is 733 g/mol. The van der Waals surface area contributed by atoms with E-state index in [1.807, 2.05) is 47.1 Å². The van der Waals surface area contributed by atoms with Crippen LogP contribution in [0.5, 0.6) is 0 Å². The third-order valence-corrected chi connectivity index (χ3v) is 10.3. The van der Waals surface area contributed by atoms with Crippen LogP contribution in [0.2, 0.25) is 0 Å². The van der Waals surface area contributed by atoms with Gasteiger partial charge in [0.1, 0.15) is 11.4 Å². The maximum absolute atomic E-state index is 11.9. The fraction of sp³-hybridized carbons (Fsp3) is 0.182. The zero-order chi connectivity index (χ0) is 37.4. The second-order valence-electron chi connectivity index (χ2n) is 13.3. The first-order valence-electron chi connectivity index (χ1n) is 18.2. The van der Waals surface area contributed by atoms with Crippen LogP contribution in [0.3, 0.4) is 0 Å². The van der Waals surface area contributed by atoms with Gasteiger partial charge in [-0.05, 0) is 56.3 Å². The summed E-state index contributed by atoms with van der Waals surface area (Å²) in [6.07, 6.45) is 4.93. The van der Waals surface area contributed by atoms with Crippen molar-refractivity contribution in [2.45, 2.75) is 38.4 Å². The molecule has 5 aromatic carbocycles. The lowest BCUT2D eigenvalue weighted by molar-refractivity contribution is 0.451. The average Bonchev–Trinajstić information content (AvgIpc) is 3.70. The smallest absolute Gasteiger partial charge is 0.209 e. The fourth-order valence-corrected chi connectivity index (χ4v) is 7.51. The summed E-state index contributed by atoms with van der Waals surface area (Å²) < 4.78 is 28.4. The van der Waals surface area contributed by atoms with Crippen molar-refractivity contribution in [1.82, 2.24) is 29.9 Å². The number of pyridine rings is 1. The summed E-state index contributed by atoms with van der Waals surface area (Å²) in [6, 6.07) is 51.8. The molecule has 0 saturated heterocycles. The van der Waals surface area contributed by atoms with E-state index < -0.39 is 15.6 Å². The van der Waals surface area contributed by atoms with Gasteiger partial charge in [-0.2, -0.15) is 0 Å². The summed E-state index contributed by atoms with van der Waals surface area (Å²) in [5, 5.41) is 13.8. The highest BCUT2D eigenvalue weighted by Crippen LogP contribution is 2.43. The van der Waals surface area contributed by atoms with Crippen molar-refractivity contribution in [2.24, 2.45) is 0 Å². The Hall–Kier alpha value is -5.97. The van der Waals surface area contributed by atoms with Crippen LogP contribution in [0, 0.1) is 0 Å². The van der Waals surface area contributed by atoms with Crippen molar-refractivity contribution >= 4 is 15.8 Å². The summed E-state index contributed by atoms with van der Waals surface area (Å²) in [5.41, 5.74) is 7.12. The highest BCUT2D eigenvalue weighted by molar-refractivity contribution is 7.88. The van der Waals surface area contributed by atoms with Gasteiger partial charge < -0.3 is 4.90 Å². The SMILES string of the molecule is CCCCN(Cc1ccc(-c2ccccc2-c2nnnn2C(c2ccccc2)(c2ccccc2)c2ccccc2)cc1)c1ncccc1CNS(C)(=O)=O. The molecule has 1 N–H and O–H groups in total. The number of rotatable bonds is 15. The number of hydrogen-bond donors (Lipinski definition) is 1. The third-order valence-electron chi connectivity index (χ3n) is 9.64. The van der Waals surface area contributed by atoms with Gasteiger partial charge >= 0.3 is 0 Å². The van der Waals surface area contributed by atoms with E-state index in [2.05, 4.69) is 131 Å². The summed E-state index contributed by atoms with van der Waals surface area (Å²) in [7, 11) is -3.36. The number of unbranched alkanes of at least 4 members (excludes halogenated alkanes) is 1. The Morgan fingerprint density at radius 3 is 1.85 bits per heavy atom. The largest absolute Gasteiger partial charge is 0.352 e. The lowest BCUT2D eigenvalue weighted by Crippen LogP contribution is -2.39. The molecule has 2 aromatic heterocycles. The highest BCUT2D eigenvalue weighted by Gasteiger charge is 2.42. The van der Waals surface area contributed by atoms with Crippen LogP contribution < -0.4 is 9.62 Å². The number of nitrogens with zero attached hydrogens (tertiary/aromatic N) is 6. The highest BCUT2D eigenvalue weighted by atomic mass is 32.2. The molecule has 0 saturated carbocycles. The fourth-order valence-electron chi connectivity index (χ4n) is 7.10. The summed E-state index contributed by atoms with van der Waals surface area (Å²) in [6.45, 7) is 3.75. The van der Waals surface area contributed by atoms with E-state index in [-0.39, 0.29) is 6.54 Å². The Kier molecular flexibility index (Phi) is 11.0. The van der Waals surface area contributed by atoms with Crippen LogP contribution >= 0.6 is 0 Å². The Morgan fingerprint density at radius 1 is 0.704 bits per heavy atom. The number of nitrogens with one attached hydrogen (secondary N) is 1. The van der Waals surface area contributed by atoms with Crippen molar-refractivity contribution in [3.63, 3.8) is 0 Å². The minimum absolute atomic E-state index is 0.180. The minimum atomic E-state index is -3.36. The number of aromatic nitrogens is 5. The molecule has 0 aliphatic rings. The Labute approximate surface area is 317 Å². The molecule has 0 spiro atoms. The molecule has 272 valence electrons. The molecule has 7 aromatic rings. The topological polar surface area (TPSA) is 106 Å². The number of anilines is 1. The van der Waals surface area contributed by atoms with Gasteiger partial charge in [-0.1, -0.05) is 159 Å². The molecule has 0 unspecified atom stereocenters. The van der Waals surface area contributed by atoms with Gasteiger partial charge in [0.05, 0.1) is 6.26 Å². The molecule has 10 heteroatoms. The third kappa shape index (κ3) is 7.71. The van der Waals surface area contributed by atoms with Gasteiger partial charge in [0.2, 0.25) is 10.0 Å². The van der Waals surface area contributed by atoms with Crippen molar-refractivity contribution < 1.29 is 8.42 Å². The van der Waals surface area contributed by atoms with Gasteiger partial charge in [0.25, 0.3) is 0 Å². The zero-order valence-electron chi connectivity index (χ0n) is 30.5. The lowest BCUT2D eigenvalue weighted by atomic mass is 9.77. The Bertz CT molecular complexity index is 2290. The quantitative estimate of drug-likeness (QED) is 0.106. The number of hydrogen-bond acceptors (Lipinski definition) is 7. The van der Waals surface area contributed by atoms with Crippen LogP contribution in [0.15, 0.2) is 158 Å². The van der Waals surface area contributed by atoms with Crippen LogP contribution in [-0.2, 0) is 28.7 Å². The molecule has 0 aliphatic heterocycles. The van der Waals surface area contributed by atoms with E-state index in [0.717, 1.165) is 69.7 Å². The number of sulfonamides is 1. The molecule has 7 rings (SSSR count). The van der Waals surface area contributed by atoms with Crippen LogP contribution in [-0.4, -0.2) is 46.4 Å². The molecular weight excluding hydrogens is 691 g/mol. The second-order valence-corrected chi connectivity index (χ2v) is 15.2. The zero-order valence-corrected chi connectivity index (χ0v) is 31.3. The van der Waals surface area contributed by atoms with Gasteiger partial charge in [-0.15, -0.1) is 5.10 Å². The van der Waals surface area contributed by atoms with Crippen molar-refractivity contribution in [2.75, 3.05) is 17.7 Å². The van der Waals surface area contributed by atoms with E-state index in [1.54, 1.807) is 6.20 Å². The molecule has 9 nitrogen and oxygen atoms in total. The predicted molar refractivity (Wildman–Crippen MR) is 215 cm³/mol. The van der Waals surface area contributed by atoms with Crippen molar-refractivity contribution in [3.05, 3.63) is 186 Å². The van der Waals surface area contributed by atoms with E-state index in [0.29, 0.717) is 12.4 Å². The average molecular weight is 734 g/mol. The summed E-state index contributed by atoms with van der Waals surface area (Å²) in [5.74, 6) is 1.42. The maximum atomic E-state index is 11.9. The molecule has 0 atom stereocenters. The molecule has 0 bridgehead atoms. The normalized spacial score (nSPS) is 11.7. The van der Waals surface area contributed by atoms with Gasteiger partial charge in [-0.25, -0.2) is 22.8 Å². The summed E-state index contributed by atoms with van der Waals surface area (Å²) in [4.78, 5) is 6.93. The molecule has 0 radical (unpaired) electrons. The van der Waals surface area contributed by atoms with Gasteiger partial charge in [-0.3, -0.25) is 0 Å². The molecule has 0 aliphatic carbocycles. The predicted octanol–water partition coefficient (Wildman–Crippen LogP) is 8.10. The van der Waals surface area contributed by atoms with Crippen LogP contribution in [0.25, 0.3) is 22.5 Å². The van der Waals surface area contributed by atoms with Gasteiger partial charge in [0, 0.05) is 37.0 Å². The van der Waals surface area contributed by atoms with E-state index in [4.69, 9.17) is 15.3 Å². The van der Waals surface area contributed by atoms with E-state index in [9.17, 15) is 8.42 Å². The van der Waals surface area contributed by atoms with Crippen LogP contribution in [0.4, 0.5) is 5.82 Å². The Balaban J connectivity index is 1.28. The molecule has 2 heterocycles. The first kappa shape index (κ1) is 36.4. The van der Waals surface area contributed by atoms with E-state index >= 15 is 0 Å². The second kappa shape index (κ2) is 16.4. The maximum Gasteiger partial charge on any atom is 0.209 e. The first-order chi connectivity index (χ1) is 26.4. The summed E-state index contributed by atoms with van der Waals surface area (Å²) >= 11 is 0. The lowest BCUT2D eigenvalue weighted by Gasteiger charge is -2.36. The van der Waals surface area contributed by atoms with Crippen LogP contribution in [0.1, 0.15) is 47.6 Å². The standard InChI is InChI=1S/C44H43N7O2S/c1-3-4-31-50(42-36(17-16-30-45-42)32-46-54(2,52)53)33-34-26-28-35(29-27-34)40-24-14-15-25-41(40)43-47-48-49-51(43)44(37-18-8-5-9-19-37,38-20-10-6-11-21-38)39-22-12-7-13-23-39/h5-30,46H,3-4,31-33H2,1-2H3. The Morgan fingerprint density at radius 2 is 1.28 bits per heavy atom. The molecule has 0 fully saturated rings. The number of tetrazole rings is 1. The first-order valence-corrected chi connectivity index (χ1v) is 20.0. The molecule has 0 amide bonds. The molecule has 54 heavy (non-hydrogen) atoms. The van der Waals surface area contributed by atoms with E-state index in [1.165, 1.54) is 6.26 Å². The number of benzene rings is 5. The minimum Gasteiger partial charge on any atom is -0.352 e. The van der Waals surface area contributed by atoms with Crippen molar-refractivity contribution in [3.8, 4) is 22.5 Å². The van der Waals surface area contributed by atoms with Gasteiger partial charge in [0.15, 0.2) is 5.82 Å².